The smallest absolute Gasteiger partial charge is 0.407 e. The molecule has 0 saturated heterocycles. The Morgan fingerprint density at radius 1 is 0.800 bits per heavy atom. The van der Waals surface area contributed by atoms with E-state index in [1.165, 1.54) is 0 Å². The van der Waals surface area contributed by atoms with Gasteiger partial charge in [0.15, 0.2) is 0 Å². The highest BCUT2D eigenvalue weighted by Crippen LogP contribution is 2.44. The third-order valence-corrected chi connectivity index (χ3v) is 6.35. The van der Waals surface area contributed by atoms with E-state index in [-0.39, 0.29) is 25.0 Å². The van der Waals surface area contributed by atoms with Crippen LogP contribution < -0.4 is 10.6 Å². The number of amides is 2. The molecule has 2 aromatic carbocycles. The summed E-state index contributed by atoms with van der Waals surface area (Å²) in [5.74, 6) is -1.06. The minimum atomic E-state index is -1.08. The molecule has 2 N–H and O–H groups in total. The van der Waals surface area contributed by atoms with Crippen molar-refractivity contribution in [3.63, 3.8) is 0 Å². The van der Waals surface area contributed by atoms with Crippen LogP contribution in [-0.4, -0.2) is 54.5 Å². The number of nitrogens with one attached hydrogen (secondary N) is 2. The van der Waals surface area contributed by atoms with E-state index in [4.69, 9.17) is 14.2 Å². The Kier molecular flexibility index (Phi) is 10.0. The molecule has 2 aromatic rings. The maximum atomic E-state index is 13.4. The molecule has 0 heterocycles. The second-order valence-corrected chi connectivity index (χ2v) is 12.7. The maximum Gasteiger partial charge on any atom is 0.407 e. The molecule has 2 amide bonds. The number of hydrogen-bond acceptors (Lipinski definition) is 6. The van der Waals surface area contributed by atoms with E-state index in [9.17, 15) is 14.4 Å². The van der Waals surface area contributed by atoms with E-state index in [1.54, 1.807) is 20.8 Å². The molecule has 40 heavy (non-hydrogen) atoms. The molecule has 8 nitrogen and oxygen atoms in total. The van der Waals surface area contributed by atoms with Crippen LogP contribution in [-0.2, 0) is 23.8 Å². The minimum absolute atomic E-state index is 0.0950. The number of fused-ring (bicyclic) bond motifs is 3. The molecular weight excluding hydrogens is 508 g/mol. The second kappa shape index (κ2) is 12.9. The number of carbonyl (C=O) groups excluding carboxylic acids is 3. The number of ether oxygens (including phenoxy) is 3. The zero-order chi connectivity index (χ0) is 29.7. The molecule has 0 saturated carbocycles. The van der Waals surface area contributed by atoms with Crippen LogP contribution in [0.1, 0.15) is 78.9 Å². The maximum absolute atomic E-state index is 13.4. The lowest BCUT2D eigenvalue weighted by atomic mass is 9.98. The lowest BCUT2D eigenvalue weighted by Gasteiger charge is -2.28. The van der Waals surface area contributed by atoms with E-state index in [2.05, 4.69) is 22.8 Å². The summed E-state index contributed by atoms with van der Waals surface area (Å²) in [7, 11) is 0. The van der Waals surface area contributed by atoms with Gasteiger partial charge in [0.25, 0.3) is 0 Å². The van der Waals surface area contributed by atoms with E-state index >= 15 is 0 Å². The predicted molar refractivity (Wildman–Crippen MR) is 155 cm³/mol. The van der Waals surface area contributed by atoms with Gasteiger partial charge in [0, 0.05) is 5.92 Å². The second-order valence-electron chi connectivity index (χ2n) is 12.7. The number of rotatable bonds is 10. The summed E-state index contributed by atoms with van der Waals surface area (Å²) in [6.45, 7) is 14.8. The van der Waals surface area contributed by atoms with E-state index in [0.717, 1.165) is 22.3 Å². The van der Waals surface area contributed by atoms with Gasteiger partial charge in [-0.3, -0.25) is 4.79 Å². The van der Waals surface area contributed by atoms with Gasteiger partial charge in [-0.2, -0.15) is 0 Å². The molecule has 0 radical (unpaired) electrons. The first-order valence-electron chi connectivity index (χ1n) is 13.9. The number of benzene rings is 2. The Bertz CT molecular complexity index is 1150. The summed E-state index contributed by atoms with van der Waals surface area (Å²) in [5, 5.41) is 5.43. The predicted octanol–water partition coefficient (Wildman–Crippen LogP) is 5.58. The van der Waals surface area contributed by atoms with E-state index < -0.39 is 41.3 Å². The van der Waals surface area contributed by atoms with Gasteiger partial charge in [0.1, 0.15) is 24.3 Å². The Hall–Kier alpha value is -3.39. The lowest BCUT2D eigenvalue weighted by molar-refractivity contribution is -0.159. The first-order chi connectivity index (χ1) is 18.6. The number of carbonyl (C=O) groups is 3. The highest BCUT2D eigenvalue weighted by atomic mass is 16.6. The Morgan fingerprint density at radius 3 is 1.85 bits per heavy atom. The topological polar surface area (TPSA) is 103 Å². The summed E-state index contributed by atoms with van der Waals surface area (Å²) in [6, 6.07) is 14.2. The van der Waals surface area contributed by atoms with Gasteiger partial charge in [-0.15, -0.1) is 0 Å². The molecular formula is C32H44N2O6. The minimum Gasteiger partial charge on any atom is -0.458 e. The molecule has 0 fully saturated rings. The van der Waals surface area contributed by atoms with Gasteiger partial charge in [-0.05, 0) is 76.1 Å². The molecule has 0 aliphatic heterocycles. The molecule has 0 unspecified atom stereocenters. The fraction of sp³-hybridized carbons (Fsp3) is 0.531. The molecule has 0 bridgehead atoms. The van der Waals surface area contributed by atoms with E-state index in [1.807, 2.05) is 71.0 Å². The van der Waals surface area contributed by atoms with Gasteiger partial charge >= 0.3 is 12.1 Å². The first-order valence-corrected chi connectivity index (χ1v) is 13.9. The fourth-order valence-corrected chi connectivity index (χ4v) is 4.63. The van der Waals surface area contributed by atoms with Crippen molar-refractivity contribution in [2.24, 2.45) is 5.92 Å². The van der Waals surface area contributed by atoms with Crippen LogP contribution in [0.15, 0.2) is 48.5 Å². The summed E-state index contributed by atoms with van der Waals surface area (Å²) in [4.78, 5) is 39.2. The zero-order valence-corrected chi connectivity index (χ0v) is 25.0. The van der Waals surface area contributed by atoms with Crippen LogP contribution in [0.5, 0.6) is 0 Å². The largest absolute Gasteiger partial charge is 0.458 e. The highest BCUT2D eigenvalue weighted by Gasteiger charge is 2.33. The van der Waals surface area contributed by atoms with Crippen LogP contribution in [0.4, 0.5) is 4.79 Å². The highest BCUT2D eigenvalue weighted by molar-refractivity contribution is 5.90. The molecule has 218 valence electrons. The molecule has 0 aromatic heterocycles. The van der Waals surface area contributed by atoms with Crippen molar-refractivity contribution < 1.29 is 28.6 Å². The van der Waals surface area contributed by atoms with Crippen molar-refractivity contribution in [2.45, 2.75) is 91.0 Å². The normalized spacial score (nSPS) is 14.6. The molecule has 3 rings (SSSR count). The van der Waals surface area contributed by atoms with Crippen molar-refractivity contribution >= 4 is 18.0 Å². The standard InChI is InChI=1S/C32H44N2O6/c1-20(2)17-26(29(36)40-32(6,7)8)33-28(35)27(19-39-31(3,4)5)34-30(37)38-18-25-23-15-11-9-13-21(23)22-14-10-12-16-24(22)25/h9-16,20,25-27H,17-19H2,1-8H3,(H,33,35)(H,34,37)/t26-,27-/m0/s1. The molecule has 1 aliphatic carbocycles. The molecule has 1 aliphatic rings. The summed E-state index contributed by atoms with van der Waals surface area (Å²) < 4.78 is 17.0. The Balaban J connectivity index is 1.71. The van der Waals surface area contributed by atoms with Crippen LogP contribution in [0.2, 0.25) is 0 Å². The summed E-state index contributed by atoms with van der Waals surface area (Å²) in [6.07, 6.45) is -0.351. The summed E-state index contributed by atoms with van der Waals surface area (Å²) >= 11 is 0. The van der Waals surface area contributed by atoms with Crippen LogP contribution in [0.25, 0.3) is 11.1 Å². The Labute approximate surface area is 238 Å². The lowest BCUT2D eigenvalue weighted by Crippen LogP contribution is -2.55. The van der Waals surface area contributed by atoms with E-state index in [0.29, 0.717) is 6.42 Å². The van der Waals surface area contributed by atoms with Gasteiger partial charge in [0.2, 0.25) is 5.91 Å². The van der Waals surface area contributed by atoms with Crippen LogP contribution in [0.3, 0.4) is 0 Å². The monoisotopic (exact) mass is 552 g/mol. The quantitative estimate of drug-likeness (QED) is 0.373. The van der Waals surface area contributed by atoms with Crippen molar-refractivity contribution in [3.05, 3.63) is 59.7 Å². The van der Waals surface area contributed by atoms with Crippen LogP contribution in [0, 0.1) is 5.92 Å². The third-order valence-electron chi connectivity index (χ3n) is 6.35. The number of esters is 1. The molecule has 2 atom stereocenters. The zero-order valence-electron chi connectivity index (χ0n) is 25.0. The fourth-order valence-electron chi connectivity index (χ4n) is 4.63. The average Bonchev–Trinajstić information content (AvgIpc) is 3.16. The van der Waals surface area contributed by atoms with Gasteiger partial charge in [-0.25, -0.2) is 9.59 Å². The van der Waals surface area contributed by atoms with Crippen LogP contribution >= 0.6 is 0 Å². The number of hydrogen-bond donors (Lipinski definition) is 2. The van der Waals surface area contributed by atoms with Gasteiger partial charge in [-0.1, -0.05) is 62.4 Å². The number of alkyl carbamates (subject to hydrolysis) is 1. The van der Waals surface area contributed by atoms with Gasteiger partial charge < -0.3 is 24.8 Å². The van der Waals surface area contributed by atoms with Crippen molar-refractivity contribution in [1.29, 1.82) is 0 Å². The first kappa shape index (κ1) is 31.1. The van der Waals surface area contributed by atoms with Crippen molar-refractivity contribution in [1.82, 2.24) is 10.6 Å². The average molecular weight is 553 g/mol. The Morgan fingerprint density at radius 2 is 1.35 bits per heavy atom. The third kappa shape index (κ3) is 8.81. The van der Waals surface area contributed by atoms with Crippen molar-refractivity contribution in [3.8, 4) is 11.1 Å². The summed E-state index contributed by atoms with van der Waals surface area (Å²) in [5.41, 5.74) is 3.18. The molecule has 8 heteroatoms. The van der Waals surface area contributed by atoms with Gasteiger partial charge in [0.05, 0.1) is 12.2 Å². The SMILES string of the molecule is CC(C)C[C@H](NC(=O)[C@H](COC(C)(C)C)NC(=O)OCC1c2ccccc2-c2ccccc21)C(=O)OC(C)(C)C. The van der Waals surface area contributed by atoms with Crippen molar-refractivity contribution in [2.75, 3.05) is 13.2 Å². The molecule has 0 spiro atoms.